The number of fused-ring (bicyclic) bond motifs is 7. The van der Waals surface area contributed by atoms with E-state index in [1.165, 1.54) is 77.2 Å². The molecule has 248 valence electrons. The zero-order chi connectivity index (χ0) is 35.3. The van der Waals surface area contributed by atoms with Gasteiger partial charge in [-0.25, -0.2) is 9.97 Å². The molecule has 1 aromatic heterocycles. The molecule has 0 bridgehead atoms. The molecule has 0 N–H and O–H groups in total. The molecule has 0 saturated carbocycles. The Morgan fingerprint density at radius 3 is 1.75 bits per heavy atom. The molecule has 0 aliphatic heterocycles. The van der Waals surface area contributed by atoms with Crippen LogP contribution in [-0.4, -0.2) is 9.97 Å². The van der Waals surface area contributed by atoms with Crippen LogP contribution in [0.2, 0.25) is 0 Å². The zero-order valence-corrected chi connectivity index (χ0v) is 29.6. The summed E-state index contributed by atoms with van der Waals surface area (Å²) in [6.07, 6.45) is 0. The SMILES string of the molecule is CC1(C)c2cc3ccccc3cc2-c2c(-c3cccc(-c4cc(-c5ccc6c(c5)-c5cccc7cccc-6c57)nc(-c5ccccc5)n4)c3)cccc21. The van der Waals surface area contributed by atoms with Gasteiger partial charge in [0.25, 0.3) is 0 Å². The summed E-state index contributed by atoms with van der Waals surface area (Å²) in [6, 6.07) is 61.7. The summed E-state index contributed by atoms with van der Waals surface area (Å²) in [7, 11) is 0. The van der Waals surface area contributed by atoms with Gasteiger partial charge in [0.05, 0.1) is 11.4 Å². The zero-order valence-electron chi connectivity index (χ0n) is 29.6. The van der Waals surface area contributed by atoms with Gasteiger partial charge < -0.3 is 0 Å². The molecule has 53 heavy (non-hydrogen) atoms. The minimum absolute atomic E-state index is 0.1000. The van der Waals surface area contributed by atoms with Crippen LogP contribution < -0.4 is 0 Å². The Hall–Kier alpha value is -6.64. The standard InChI is InChI=1S/C51H34N2/c1-51(2)44-23-11-20-38(49(44)43-27-33-14-6-7-15-34(33)29-45(43)51)35-18-8-19-36(26-35)46-30-47(53-50(52-46)32-12-4-3-5-13-32)37-24-25-39-40-21-9-16-31-17-10-22-41(48(31)40)42(39)28-37/h3-30H,1-2H3. The van der Waals surface area contributed by atoms with Crippen molar-refractivity contribution in [2.75, 3.05) is 0 Å². The second-order valence-electron chi connectivity index (χ2n) is 15.0. The predicted molar refractivity (Wildman–Crippen MR) is 221 cm³/mol. The van der Waals surface area contributed by atoms with Gasteiger partial charge in [-0.1, -0.05) is 153 Å². The monoisotopic (exact) mass is 674 g/mol. The van der Waals surface area contributed by atoms with E-state index in [0.717, 1.165) is 33.9 Å². The summed E-state index contributed by atoms with van der Waals surface area (Å²) in [5, 5.41) is 5.17. The Morgan fingerprint density at radius 2 is 0.962 bits per heavy atom. The summed E-state index contributed by atoms with van der Waals surface area (Å²) in [5.41, 5.74) is 17.8. The van der Waals surface area contributed by atoms with E-state index in [1.54, 1.807) is 0 Å². The lowest BCUT2D eigenvalue weighted by atomic mass is 9.81. The highest BCUT2D eigenvalue weighted by molar-refractivity contribution is 6.15. The van der Waals surface area contributed by atoms with Gasteiger partial charge in [-0.2, -0.15) is 0 Å². The quantitative estimate of drug-likeness (QED) is 0.186. The third kappa shape index (κ3) is 4.52. The molecule has 0 spiro atoms. The van der Waals surface area contributed by atoms with Crippen molar-refractivity contribution in [1.29, 1.82) is 0 Å². The Balaban J connectivity index is 1.07. The topological polar surface area (TPSA) is 25.8 Å². The highest BCUT2D eigenvalue weighted by Gasteiger charge is 2.37. The maximum atomic E-state index is 5.22. The van der Waals surface area contributed by atoms with Crippen LogP contribution >= 0.6 is 0 Å². The van der Waals surface area contributed by atoms with E-state index in [4.69, 9.17) is 9.97 Å². The van der Waals surface area contributed by atoms with Crippen molar-refractivity contribution in [3.05, 3.63) is 181 Å². The van der Waals surface area contributed by atoms with Gasteiger partial charge in [0.15, 0.2) is 5.82 Å². The van der Waals surface area contributed by atoms with Crippen LogP contribution in [0.3, 0.4) is 0 Å². The highest BCUT2D eigenvalue weighted by Crippen LogP contribution is 2.53. The fraction of sp³-hybridized carbons (Fsp3) is 0.0588. The van der Waals surface area contributed by atoms with Gasteiger partial charge in [-0.3, -0.25) is 0 Å². The van der Waals surface area contributed by atoms with Crippen LogP contribution in [0.1, 0.15) is 25.0 Å². The van der Waals surface area contributed by atoms with Gasteiger partial charge >= 0.3 is 0 Å². The second-order valence-corrected chi connectivity index (χ2v) is 15.0. The summed E-state index contributed by atoms with van der Waals surface area (Å²) in [4.78, 5) is 10.4. The molecule has 0 amide bonds. The van der Waals surface area contributed by atoms with Crippen molar-refractivity contribution in [1.82, 2.24) is 9.97 Å². The van der Waals surface area contributed by atoms with E-state index >= 15 is 0 Å². The van der Waals surface area contributed by atoms with E-state index in [-0.39, 0.29) is 5.41 Å². The molecule has 0 atom stereocenters. The number of hydrogen-bond donors (Lipinski definition) is 0. The number of nitrogens with zero attached hydrogens (tertiary/aromatic N) is 2. The number of benzene rings is 8. The molecule has 0 radical (unpaired) electrons. The lowest BCUT2D eigenvalue weighted by Gasteiger charge is -2.22. The van der Waals surface area contributed by atoms with Crippen molar-refractivity contribution in [2.24, 2.45) is 0 Å². The molecule has 11 rings (SSSR count). The van der Waals surface area contributed by atoms with Crippen LogP contribution in [0.5, 0.6) is 0 Å². The fourth-order valence-electron chi connectivity index (χ4n) is 8.97. The Morgan fingerprint density at radius 1 is 0.358 bits per heavy atom. The Kier molecular flexibility index (Phi) is 6.33. The first kappa shape index (κ1) is 30.0. The molecule has 2 nitrogen and oxygen atoms in total. The lowest BCUT2D eigenvalue weighted by molar-refractivity contribution is 0.661. The van der Waals surface area contributed by atoms with E-state index in [0.29, 0.717) is 0 Å². The smallest absolute Gasteiger partial charge is 0.160 e. The van der Waals surface area contributed by atoms with E-state index in [9.17, 15) is 0 Å². The maximum absolute atomic E-state index is 5.22. The molecule has 8 aromatic carbocycles. The number of aromatic nitrogens is 2. The Labute approximate surface area is 309 Å². The van der Waals surface area contributed by atoms with Crippen LogP contribution in [0.15, 0.2) is 170 Å². The molecule has 2 aliphatic carbocycles. The molecule has 2 aliphatic rings. The normalized spacial score (nSPS) is 13.2. The average molecular weight is 675 g/mol. The Bertz CT molecular complexity index is 2970. The summed E-state index contributed by atoms with van der Waals surface area (Å²) in [5.74, 6) is 0.720. The fourth-order valence-corrected chi connectivity index (χ4v) is 8.97. The first-order chi connectivity index (χ1) is 26.0. The van der Waals surface area contributed by atoms with Crippen molar-refractivity contribution < 1.29 is 0 Å². The van der Waals surface area contributed by atoms with Crippen LogP contribution in [-0.2, 0) is 5.41 Å². The molecular weight excluding hydrogens is 641 g/mol. The van der Waals surface area contributed by atoms with Gasteiger partial charge in [-0.15, -0.1) is 0 Å². The second kappa shape index (κ2) is 11.2. The first-order valence-corrected chi connectivity index (χ1v) is 18.4. The lowest BCUT2D eigenvalue weighted by Crippen LogP contribution is -2.14. The molecule has 2 heteroatoms. The van der Waals surface area contributed by atoms with Crippen molar-refractivity contribution >= 4 is 21.5 Å². The molecule has 1 heterocycles. The summed E-state index contributed by atoms with van der Waals surface area (Å²) in [6.45, 7) is 4.72. The van der Waals surface area contributed by atoms with E-state index in [2.05, 4.69) is 178 Å². The van der Waals surface area contributed by atoms with Gasteiger partial charge in [0.1, 0.15) is 0 Å². The van der Waals surface area contributed by atoms with Crippen LogP contribution in [0.4, 0.5) is 0 Å². The van der Waals surface area contributed by atoms with Crippen LogP contribution in [0, 0.1) is 0 Å². The number of rotatable bonds is 4. The van der Waals surface area contributed by atoms with Crippen molar-refractivity contribution in [3.63, 3.8) is 0 Å². The summed E-state index contributed by atoms with van der Waals surface area (Å²) < 4.78 is 0. The third-order valence-corrected chi connectivity index (χ3v) is 11.6. The molecule has 0 saturated heterocycles. The molecule has 0 fully saturated rings. The largest absolute Gasteiger partial charge is 0.228 e. The maximum Gasteiger partial charge on any atom is 0.160 e. The molecule has 9 aromatic rings. The van der Waals surface area contributed by atoms with Gasteiger partial charge in [-0.05, 0) is 108 Å². The van der Waals surface area contributed by atoms with E-state index < -0.39 is 0 Å². The van der Waals surface area contributed by atoms with Gasteiger partial charge in [0.2, 0.25) is 0 Å². The third-order valence-electron chi connectivity index (χ3n) is 11.6. The van der Waals surface area contributed by atoms with Crippen LogP contribution in [0.25, 0.3) is 100.0 Å². The van der Waals surface area contributed by atoms with Crippen molar-refractivity contribution in [2.45, 2.75) is 19.3 Å². The van der Waals surface area contributed by atoms with E-state index in [1.807, 2.05) is 6.07 Å². The minimum atomic E-state index is -0.1000. The summed E-state index contributed by atoms with van der Waals surface area (Å²) >= 11 is 0. The molecule has 0 unspecified atom stereocenters. The number of hydrogen-bond acceptors (Lipinski definition) is 2. The predicted octanol–water partition coefficient (Wildman–Crippen LogP) is 13.4. The molecular formula is C51H34N2. The van der Waals surface area contributed by atoms with Crippen molar-refractivity contribution in [3.8, 4) is 78.4 Å². The first-order valence-electron chi connectivity index (χ1n) is 18.4. The average Bonchev–Trinajstić information content (AvgIpc) is 3.65. The highest BCUT2D eigenvalue weighted by atomic mass is 14.9. The minimum Gasteiger partial charge on any atom is -0.228 e. The van der Waals surface area contributed by atoms with Gasteiger partial charge in [0, 0.05) is 22.1 Å².